The molecule has 120 valence electrons. The fraction of sp³-hybridized carbons (Fsp3) is 0.235. The fourth-order valence-electron chi connectivity index (χ4n) is 1.98. The molecule has 6 nitrogen and oxygen atoms in total. The van der Waals surface area contributed by atoms with E-state index in [0.717, 1.165) is 11.1 Å². The minimum Gasteiger partial charge on any atom is -0.481 e. The lowest BCUT2D eigenvalue weighted by atomic mass is 10.1. The summed E-state index contributed by atoms with van der Waals surface area (Å²) in [5, 5.41) is 5.33. The van der Waals surface area contributed by atoms with Crippen molar-refractivity contribution < 1.29 is 14.3 Å². The molecule has 2 aromatic rings. The quantitative estimate of drug-likeness (QED) is 0.846. The van der Waals surface area contributed by atoms with Gasteiger partial charge in [-0.1, -0.05) is 24.3 Å². The number of benzene rings is 1. The Kier molecular flexibility index (Phi) is 5.68. The number of methoxy groups -OCH3 is 1. The van der Waals surface area contributed by atoms with Gasteiger partial charge >= 0.3 is 0 Å². The molecule has 1 heterocycles. The lowest BCUT2D eigenvalue weighted by molar-refractivity contribution is -0.120. The summed E-state index contributed by atoms with van der Waals surface area (Å²) in [7, 11) is 1.54. The number of aromatic nitrogens is 1. The second-order valence-electron chi connectivity index (χ2n) is 4.98. The molecule has 1 aromatic heterocycles. The number of nitrogens with zero attached hydrogens (tertiary/aromatic N) is 1. The maximum absolute atomic E-state index is 12.0. The molecule has 1 aromatic carbocycles. The van der Waals surface area contributed by atoms with E-state index in [2.05, 4.69) is 15.6 Å². The molecule has 6 heteroatoms. The van der Waals surface area contributed by atoms with Gasteiger partial charge in [0.05, 0.1) is 13.7 Å². The van der Waals surface area contributed by atoms with Crippen LogP contribution in [-0.2, 0) is 11.3 Å². The minimum atomic E-state index is -0.261. The average molecular weight is 313 g/mol. The lowest BCUT2D eigenvalue weighted by Gasteiger charge is -2.08. The first-order valence-electron chi connectivity index (χ1n) is 7.19. The van der Waals surface area contributed by atoms with Crippen molar-refractivity contribution in [1.82, 2.24) is 15.6 Å². The third-order valence-corrected chi connectivity index (χ3v) is 3.30. The van der Waals surface area contributed by atoms with Crippen molar-refractivity contribution in [3.8, 4) is 5.88 Å². The van der Waals surface area contributed by atoms with Crippen molar-refractivity contribution >= 4 is 11.8 Å². The number of hydrogen-bond acceptors (Lipinski definition) is 4. The van der Waals surface area contributed by atoms with E-state index in [1.165, 1.54) is 0 Å². The van der Waals surface area contributed by atoms with Gasteiger partial charge in [-0.05, 0) is 24.1 Å². The van der Waals surface area contributed by atoms with E-state index < -0.39 is 0 Å². The summed E-state index contributed by atoms with van der Waals surface area (Å²) < 4.78 is 4.97. The van der Waals surface area contributed by atoms with Crippen LogP contribution in [0.4, 0.5) is 0 Å². The molecule has 0 saturated heterocycles. The van der Waals surface area contributed by atoms with Crippen LogP contribution in [0.25, 0.3) is 0 Å². The molecule has 0 aliphatic rings. The van der Waals surface area contributed by atoms with Gasteiger partial charge in [0.25, 0.3) is 5.91 Å². The van der Waals surface area contributed by atoms with Crippen LogP contribution in [-0.4, -0.2) is 30.5 Å². The summed E-state index contributed by atoms with van der Waals surface area (Å²) in [5.74, 6) is -0.00214. The molecule has 0 unspecified atom stereocenters. The van der Waals surface area contributed by atoms with Gasteiger partial charge in [0.2, 0.25) is 11.8 Å². The normalized spacial score (nSPS) is 10.0. The predicted octanol–water partition coefficient (Wildman–Crippen LogP) is 1.44. The molecule has 2 N–H and O–H groups in total. The highest BCUT2D eigenvalue weighted by Crippen LogP contribution is 2.07. The molecular formula is C17H19N3O3. The lowest BCUT2D eigenvalue weighted by Crippen LogP contribution is -2.36. The van der Waals surface area contributed by atoms with Crippen molar-refractivity contribution in [3.05, 3.63) is 59.3 Å². The average Bonchev–Trinajstić information content (AvgIpc) is 2.58. The second-order valence-corrected chi connectivity index (χ2v) is 4.98. The number of carbonyl (C=O) groups excluding carboxylic acids is 2. The Bertz CT molecular complexity index is 684. The van der Waals surface area contributed by atoms with Crippen molar-refractivity contribution in [3.63, 3.8) is 0 Å². The summed E-state index contributed by atoms with van der Waals surface area (Å²) in [6.45, 7) is 2.12. The molecule has 0 aliphatic carbocycles. The van der Waals surface area contributed by atoms with Crippen LogP contribution in [0, 0.1) is 6.92 Å². The van der Waals surface area contributed by atoms with Crippen LogP contribution in [0.15, 0.2) is 42.6 Å². The van der Waals surface area contributed by atoms with Crippen LogP contribution in [0.2, 0.25) is 0 Å². The highest BCUT2D eigenvalue weighted by atomic mass is 16.5. The molecule has 0 atom stereocenters. The highest BCUT2D eigenvalue weighted by Gasteiger charge is 2.09. The first-order valence-corrected chi connectivity index (χ1v) is 7.19. The van der Waals surface area contributed by atoms with Gasteiger partial charge in [0.15, 0.2) is 0 Å². The number of hydrogen-bond donors (Lipinski definition) is 2. The third kappa shape index (κ3) is 4.81. The number of aryl methyl sites for hydroxylation is 1. The molecule has 23 heavy (non-hydrogen) atoms. The number of nitrogens with one attached hydrogen (secondary N) is 2. The monoisotopic (exact) mass is 313 g/mol. The summed E-state index contributed by atoms with van der Waals surface area (Å²) >= 11 is 0. The van der Waals surface area contributed by atoms with Gasteiger partial charge in [-0.3, -0.25) is 9.59 Å². The Morgan fingerprint density at radius 3 is 2.57 bits per heavy atom. The van der Waals surface area contributed by atoms with E-state index in [9.17, 15) is 9.59 Å². The van der Waals surface area contributed by atoms with Crippen molar-refractivity contribution in [2.75, 3.05) is 13.7 Å². The molecule has 2 amide bonds. The standard InChI is InChI=1S/C17H19N3O3/c1-12-5-3-4-6-14(12)17(22)20-11-15(21)18-9-13-7-8-16(23-2)19-10-13/h3-8,10H,9,11H2,1-2H3,(H,18,21)(H,20,22). The van der Waals surface area contributed by atoms with E-state index >= 15 is 0 Å². The zero-order valence-electron chi connectivity index (χ0n) is 13.1. The summed E-state index contributed by atoms with van der Waals surface area (Å²) in [6.07, 6.45) is 1.63. The fourth-order valence-corrected chi connectivity index (χ4v) is 1.98. The first-order chi connectivity index (χ1) is 11.1. The van der Waals surface area contributed by atoms with Gasteiger partial charge in [0.1, 0.15) is 0 Å². The Labute approximate surface area is 134 Å². The topological polar surface area (TPSA) is 80.3 Å². The number of carbonyl (C=O) groups is 2. The van der Waals surface area contributed by atoms with Gasteiger partial charge in [-0.2, -0.15) is 0 Å². The molecular weight excluding hydrogens is 294 g/mol. The van der Waals surface area contributed by atoms with Crippen LogP contribution >= 0.6 is 0 Å². The highest BCUT2D eigenvalue weighted by molar-refractivity contribution is 5.97. The maximum atomic E-state index is 12.0. The van der Waals surface area contributed by atoms with Crippen LogP contribution < -0.4 is 15.4 Å². The predicted molar refractivity (Wildman–Crippen MR) is 86.1 cm³/mol. The third-order valence-electron chi connectivity index (χ3n) is 3.30. The van der Waals surface area contributed by atoms with Crippen LogP contribution in [0.1, 0.15) is 21.5 Å². The van der Waals surface area contributed by atoms with Gasteiger partial charge in [0, 0.05) is 24.4 Å². The Balaban J connectivity index is 1.78. The van der Waals surface area contributed by atoms with Crippen LogP contribution in [0.5, 0.6) is 5.88 Å². The van der Waals surface area contributed by atoms with Gasteiger partial charge in [-0.25, -0.2) is 4.98 Å². The maximum Gasteiger partial charge on any atom is 0.251 e. The van der Waals surface area contributed by atoms with E-state index in [-0.39, 0.29) is 18.4 Å². The molecule has 0 radical (unpaired) electrons. The largest absolute Gasteiger partial charge is 0.481 e. The van der Waals surface area contributed by atoms with Crippen molar-refractivity contribution in [2.45, 2.75) is 13.5 Å². The van der Waals surface area contributed by atoms with Gasteiger partial charge in [-0.15, -0.1) is 0 Å². The second kappa shape index (κ2) is 7.93. The molecule has 2 rings (SSSR count). The van der Waals surface area contributed by atoms with E-state index in [0.29, 0.717) is 18.0 Å². The zero-order valence-corrected chi connectivity index (χ0v) is 13.1. The minimum absolute atomic E-state index is 0.0727. The van der Waals surface area contributed by atoms with Crippen molar-refractivity contribution in [1.29, 1.82) is 0 Å². The molecule has 0 aliphatic heterocycles. The smallest absolute Gasteiger partial charge is 0.251 e. The summed E-state index contributed by atoms with van der Waals surface area (Å²) in [4.78, 5) is 27.8. The molecule has 0 spiro atoms. The summed E-state index contributed by atoms with van der Waals surface area (Å²) in [5.41, 5.74) is 2.29. The van der Waals surface area contributed by atoms with E-state index in [1.54, 1.807) is 31.5 Å². The number of rotatable bonds is 6. The Hall–Kier alpha value is -2.89. The Morgan fingerprint density at radius 1 is 1.13 bits per heavy atom. The first kappa shape index (κ1) is 16.5. The Morgan fingerprint density at radius 2 is 1.91 bits per heavy atom. The van der Waals surface area contributed by atoms with E-state index in [1.807, 2.05) is 25.1 Å². The van der Waals surface area contributed by atoms with Crippen LogP contribution in [0.3, 0.4) is 0 Å². The van der Waals surface area contributed by atoms with Gasteiger partial charge < -0.3 is 15.4 Å². The van der Waals surface area contributed by atoms with Crippen molar-refractivity contribution in [2.24, 2.45) is 0 Å². The van der Waals surface area contributed by atoms with E-state index in [4.69, 9.17) is 4.74 Å². The SMILES string of the molecule is COc1ccc(CNC(=O)CNC(=O)c2ccccc2C)cn1. The molecule has 0 fully saturated rings. The molecule has 0 bridgehead atoms. The zero-order chi connectivity index (χ0) is 16.7. The molecule has 0 saturated carbocycles. The number of ether oxygens (including phenoxy) is 1. The summed E-state index contributed by atoms with van der Waals surface area (Å²) in [6, 6.07) is 10.8. The number of pyridine rings is 1. The number of amides is 2.